The third kappa shape index (κ3) is 4.96. The van der Waals surface area contributed by atoms with Gasteiger partial charge in [-0.15, -0.1) is 11.3 Å². The topological polar surface area (TPSA) is 61.5 Å². The number of methoxy groups -OCH3 is 1. The van der Waals surface area contributed by atoms with Gasteiger partial charge in [0.05, 0.1) is 17.0 Å². The summed E-state index contributed by atoms with van der Waals surface area (Å²) in [6.07, 6.45) is 4.27. The lowest BCUT2D eigenvalue weighted by atomic mass is 9.74. The molecule has 0 radical (unpaired) electrons. The molecule has 0 fully saturated rings. The molecule has 6 heteroatoms. The number of benzene rings is 1. The van der Waals surface area contributed by atoms with Crippen molar-refractivity contribution in [1.82, 2.24) is 0 Å². The molecule has 0 spiro atoms. The van der Waals surface area contributed by atoms with Crippen molar-refractivity contribution in [1.29, 1.82) is 0 Å². The highest BCUT2D eigenvalue weighted by atomic mass is 35.5. The van der Waals surface area contributed by atoms with Gasteiger partial charge >= 0.3 is 0 Å². The van der Waals surface area contributed by atoms with Crippen LogP contribution >= 0.6 is 22.9 Å². The van der Waals surface area contributed by atoms with Crippen LogP contribution in [0.5, 0.6) is 11.5 Å². The van der Waals surface area contributed by atoms with Crippen molar-refractivity contribution in [3.8, 4) is 11.5 Å². The number of hydrogen-bond acceptors (Lipinski definition) is 5. The Bertz CT molecular complexity index is 904. The molecular weight excluding hydrogens is 406 g/mol. The molecule has 0 bridgehead atoms. The molecule has 2 N–H and O–H groups in total. The van der Waals surface area contributed by atoms with E-state index in [0.29, 0.717) is 47.9 Å². The predicted molar refractivity (Wildman–Crippen MR) is 120 cm³/mol. The quantitative estimate of drug-likeness (QED) is 0.565. The molecular formula is C23H30ClNO3S. The molecule has 0 saturated heterocycles. The number of fused-ring (bicyclic) bond motifs is 1. The Morgan fingerprint density at radius 3 is 2.76 bits per heavy atom. The monoisotopic (exact) mass is 435 g/mol. The van der Waals surface area contributed by atoms with E-state index < -0.39 is 0 Å². The molecule has 0 saturated carbocycles. The van der Waals surface area contributed by atoms with Crippen molar-refractivity contribution in [3.05, 3.63) is 43.6 Å². The molecule has 158 valence electrons. The molecule has 0 aliphatic heterocycles. The number of thiophene rings is 1. The standard InChI is InChI=1S/C23H30ClNO3S/c1-14-17-13-23(2,3)8-7-16(17)22(29-14)19(26)6-5-15-11-18(24)21(28-10-9-25)20(12-15)27-4/h11-12H,5-10,13,25H2,1-4H3. The van der Waals surface area contributed by atoms with Crippen LogP contribution in [0.3, 0.4) is 0 Å². The van der Waals surface area contributed by atoms with E-state index in [1.54, 1.807) is 18.4 Å². The Balaban J connectivity index is 1.74. The lowest BCUT2D eigenvalue weighted by Gasteiger charge is -2.30. The number of ketones is 1. The zero-order valence-corrected chi connectivity index (χ0v) is 19.3. The van der Waals surface area contributed by atoms with E-state index in [1.165, 1.54) is 16.0 Å². The molecule has 0 unspecified atom stereocenters. The van der Waals surface area contributed by atoms with Crippen LogP contribution < -0.4 is 15.2 Å². The number of rotatable bonds is 8. The average molecular weight is 436 g/mol. The third-order valence-corrected chi connectivity index (χ3v) is 7.08. The lowest BCUT2D eigenvalue weighted by molar-refractivity contribution is 0.0985. The van der Waals surface area contributed by atoms with Crippen molar-refractivity contribution >= 4 is 28.7 Å². The SMILES string of the molecule is COc1cc(CCC(=O)c2sc(C)c3c2CCC(C)(C)C3)cc(Cl)c1OCCN. The van der Waals surface area contributed by atoms with Crippen LogP contribution in [-0.4, -0.2) is 26.0 Å². The molecule has 2 aromatic rings. The van der Waals surface area contributed by atoms with Gasteiger partial charge < -0.3 is 15.2 Å². The first-order chi connectivity index (χ1) is 13.8. The Morgan fingerprint density at radius 2 is 2.07 bits per heavy atom. The van der Waals surface area contributed by atoms with E-state index in [1.807, 2.05) is 12.1 Å². The minimum atomic E-state index is 0.220. The summed E-state index contributed by atoms with van der Waals surface area (Å²) in [6.45, 7) is 7.54. The molecule has 1 aliphatic rings. The molecule has 0 atom stereocenters. The fraction of sp³-hybridized carbons (Fsp3) is 0.522. The van der Waals surface area contributed by atoms with Crippen LogP contribution in [-0.2, 0) is 19.3 Å². The maximum absolute atomic E-state index is 13.0. The molecule has 1 aliphatic carbocycles. The highest BCUT2D eigenvalue weighted by Gasteiger charge is 2.31. The second-order valence-corrected chi connectivity index (χ2v) is 10.1. The molecule has 1 aromatic heterocycles. The fourth-order valence-electron chi connectivity index (χ4n) is 3.97. The van der Waals surface area contributed by atoms with Gasteiger partial charge in [0.1, 0.15) is 6.61 Å². The number of nitrogens with two attached hydrogens (primary N) is 1. The highest BCUT2D eigenvalue weighted by Crippen LogP contribution is 2.42. The minimum Gasteiger partial charge on any atom is -0.493 e. The molecule has 1 aromatic carbocycles. The molecule has 3 rings (SSSR count). The van der Waals surface area contributed by atoms with Gasteiger partial charge in [0.2, 0.25) is 0 Å². The predicted octanol–water partition coefficient (Wildman–Crippen LogP) is 5.39. The van der Waals surface area contributed by atoms with Crippen molar-refractivity contribution in [2.45, 2.75) is 52.9 Å². The van der Waals surface area contributed by atoms with Crippen LogP contribution in [0.15, 0.2) is 12.1 Å². The van der Waals surface area contributed by atoms with Gasteiger partial charge in [0, 0.05) is 17.8 Å². The summed E-state index contributed by atoms with van der Waals surface area (Å²) in [5.74, 6) is 1.29. The van der Waals surface area contributed by atoms with E-state index in [0.717, 1.165) is 29.7 Å². The smallest absolute Gasteiger partial charge is 0.179 e. The molecule has 4 nitrogen and oxygen atoms in total. The van der Waals surface area contributed by atoms with Crippen LogP contribution in [0, 0.1) is 12.3 Å². The van der Waals surface area contributed by atoms with Gasteiger partial charge in [-0.1, -0.05) is 25.4 Å². The summed E-state index contributed by atoms with van der Waals surface area (Å²) in [6, 6.07) is 3.74. The molecule has 29 heavy (non-hydrogen) atoms. The Labute approximate surface area is 182 Å². The second kappa shape index (κ2) is 9.07. The first-order valence-corrected chi connectivity index (χ1v) is 11.3. The maximum atomic E-state index is 13.0. The number of ether oxygens (including phenoxy) is 2. The molecule has 0 amide bonds. The Kier molecular flexibility index (Phi) is 6.92. The van der Waals surface area contributed by atoms with Crippen molar-refractivity contribution in [3.63, 3.8) is 0 Å². The molecule has 1 heterocycles. The normalized spacial score (nSPS) is 15.1. The van der Waals surface area contributed by atoms with Crippen LogP contribution in [0.1, 0.15) is 57.9 Å². The summed E-state index contributed by atoms with van der Waals surface area (Å²) in [7, 11) is 1.58. The van der Waals surface area contributed by atoms with Gasteiger partial charge in [-0.05, 0) is 66.8 Å². The highest BCUT2D eigenvalue weighted by molar-refractivity contribution is 7.14. The first kappa shape index (κ1) is 22.1. The van der Waals surface area contributed by atoms with Crippen molar-refractivity contribution in [2.24, 2.45) is 11.1 Å². The van der Waals surface area contributed by atoms with Crippen molar-refractivity contribution in [2.75, 3.05) is 20.3 Å². The van der Waals surface area contributed by atoms with E-state index in [9.17, 15) is 4.79 Å². The maximum Gasteiger partial charge on any atom is 0.179 e. The van der Waals surface area contributed by atoms with Gasteiger partial charge in [0.15, 0.2) is 17.3 Å². The summed E-state index contributed by atoms with van der Waals surface area (Å²) < 4.78 is 11.0. The number of carbonyl (C=O) groups excluding carboxylic acids is 1. The number of aryl methyl sites for hydroxylation is 2. The minimum absolute atomic E-state index is 0.220. The average Bonchev–Trinajstić information content (AvgIpc) is 2.99. The fourth-order valence-corrected chi connectivity index (χ4v) is 5.44. The lowest BCUT2D eigenvalue weighted by Crippen LogP contribution is -2.22. The van der Waals surface area contributed by atoms with Crippen LogP contribution in [0.25, 0.3) is 0 Å². The van der Waals surface area contributed by atoms with Gasteiger partial charge in [0.25, 0.3) is 0 Å². The van der Waals surface area contributed by atoms with Gasteiger partial charge in [-0.25, -0.2) is 0 Å². The zero-order valence-electron chi connectivity index (χ0n) is 17.7. The van der Waals surface area contributed by atoms with Crippen molar-refractivity contribution < 1.29 is 14.3 Å². The number of hydrogen-bond donors (Lipinski definition) is 1. The first-order valence-electron chi connectivity index (χ1n) is 10.1. The summed E-state index contributed by atoms with van der Waals surface area (Å²) in [4.78, 5) is 15.3. The van der Waals surface area contributed by atoms with Crippen LogP contribution in [0.2, 0.25) is 5.02 Å². The zero-order chi connectivity index (χ0) is 21.2. The summed E-state index contributed by atoms with van der Waals surface area (Å²) in [5, 5.41) is 0.479. The van der Waals surface area contributed by atoms with Crippen LogP contribution in [0.4, 0.5) is 0 Å². The van der Waals surface area contributed by atoms with E-state index >= 15 is 0 Å². The van der Waals surface area contributed by atoms with E-state index in [2.05, 4.69) is 20.8 Å². The Hall–Kier alpha value is -1.56. The Morgan fingerprint density at radius 1 is 1.31 bits per heavy atom. The van der Waals surface area contributed by atoms with E-state index in [4.69, 9.17) is 26.8 Å². The summed E-state index contributed by atoms with van der Waals surface area (Å²) >= 11 is 8.04. The van der Waals surface area contributed by atoms with Gasteiger partial charge in [-0.3, -0.25) is 4.79 Å². The largest absolute Gasteiger partial charge is 0.493 e. The number of halogens is 1. The summed E-state index contributed by atoms with van der Waals surface area (Å²) in [5.41, 5.74) is 9.48. The van der Waals surface area contributed by atoms with E-state index in [-0.39, 0.29) is 5.78 Å². The third-order valence-electron chi connectivity index (χ3n) is 5.57. The van der Waals surface area contributed by atoms with Gasteiger partial charge in [-0.2, -0.15) is 0 Å². The number of Topliss-reactive ketones (excluding diaryl/α,β-unsaturated/α-hetero) is 1. The second-order valence-electron chi connectivity index (χ2n) is 8.45. The number of carbonyl (C=O) groups is 1.